The largest absolute Gasteiger partial charge is 0.240 e. The molecular weight excluding hydrogens is 373 g/mol. The maximum absolute atomic E-state index is 13.4. The first-order valence-electron chi connectivity index (χ1n) is 5.87. The zero-order valence-corrected chi connectivity index (χ0v) is 13.6. The lowest BCUT2D eigenvalue weighted by Crippen LogP contribution is -2.40. The fourth-order valence-corrected chi connectivity index (χ4v) is 4.99. The van der Waals surface area contributed by atoms with Crippen LogP contribution < -0.4 is 4.72 Å². The third kappa shape index (κ3) is 3.78. The Morgan fingerprint density at radius 3 is 2.40 bits per heavy atom. The zero-order valence-electron chi connectivity index (χ0n) is 10.3. The van der Waals surface area contributed by atoms with Gasteiger partial charge >= 0.3 is 0 Å². The molecule has 1 aliphatic heterocycles. The first kappa shape index (κ1) is 15.9. The molecule has 0 aromatic heterocycles. The number of benzene rings is 1. The van der Waals surface area contributed by atoms with Crippen LogP contribution in [0.5, 0.6) is 0 Å². The summed E-state index contributed by atoms with van der Waals surface area (Å²) in [7, 11) is -6.89. The van der Waals surface area contributed by atoms with Crippen LogP contribution in [0.25, 0.3) is 0 Å². The van der Waals surface area contributed by atoms with Gasteiger partial charge in [0.2, 0.25) is 10.0 Å². The second kappa shape index (κ2) is 5.70. The maximum atomic E-state index is 13.4. The number of halogens is 2. The molecule has 9 heteroatoms. The van der Waals surface area contributed by atoms with E-state index in [9.17, 15) is 21.2 Å². The molecule has 0 aliphatic carbocycles. The fraction of sp³-hybridized carbons (Fsp3) is 0.455. The Labute approximate surface area is 125 Å². The van der Waals surface area contributed by atoms with Crippen LogP contribution in [0.2, 0.25) is 0 Å². The van der Waals surface area contributed by atoms with Crippen LogP contribution in [0.15, 0.2) is 27.6 Å². The van der Waals surface area contributed by atoms with Crippen LogP contribution in [0.3, 0.4) is 0 Å². The van der Waals surface area contributed by atoms with Gasteiger partial charge in [-0.2, -0.15) is 0 Å². The smallest absolute Gasteiger partial charge is 0.229 e. The second-order valence-corrected chi connectivity index (χ2v) is 9.50. The van der Waals surface area contributed by atoms with Gasteiger partial charge in [-0.3, -0.25) is 0 Å². The molecule has 1 aliphatic rings. The highest BCUT2D eigenvalue weighted by Crippen LogP contribution is 2.21. The van der Waals surface area contributed by atoms with Crippen LogP contribution in [0, 0.1) is 5.82 Å². The Bertz CT molecular complexity index is 704. The van der Waals surface area contributed by atoms with Crippen molar-refractivity contribution in [1.29, 1.82) is 0 Å². The fourth-order valence-electron chi connectivity index (χ4n) is 1.94. The molecule has 2 rings (SSSR count). The van der Waals surface area contributed by atoms with Gasteiger partial charge in [0.05, 0.1) is 20.9 Å². The summed E-state index contributed by atoms with van der Waals surface area (Å²) in [5.74, 6) is -0.733. The molecule has 1 heterocycles. The molecule has 0 radical (unpaired) electrons. The summed E-state index contributed by atoms with van der Waals surface area (Å²) in [6.07, 6.45) is 0.473. The summed E-state index contributed by atoms with van der Waals surface area (Å²) < 4.78 is 62.7. The molecule has 1 aromatic rings. The Kier molecular flexibility index (Phi) is 4.53. The number of rotatable bonds is 3. The van der Waals surface area contributed by atoms with Crippen molar-refractivity contribution in [2.24, 2.45) is 0 Å². The summed E-state index contributed by atoms with van der Waals surface area (Å²) in [4.78, 5) is -0.174. The first-order valence-corrected chi connectivity index (χ1v) is 9.97. The highest BCUT2D eigenvalue weighted by Gasteiger charge is 2.27. The van der Waals surface area contributed by atoms with Gasteiger partial charge in [-0.15, -0.1) is 0 Å². The first-order chi connectivity index (χ1) is 9.20. The predicted molar refractivity (Wildman–Crippen MR) is 76.1 cm³/mol. The molecular formula is C11H13BrFNO4S2. The maximum Gasteiger partial charge on any atom is 0.240 e. The molecule has 0 bridgehead atoms. The van der Waals surface area contributed by atoms with E-state index in [1.54, 1.807) is 0 Å². The average Bonchev–Trinajstić information content (AvgIpc) is 2.35. The van der Waals surface area contributed by atoms with E-state index < -0.39 is 31.7 Å². The van der Waals surface area contributed by atoms with Gasteiger partial charge in [0, 0.05) is 6.04 Å². The zero-order chi connectivity index (χ0) is 15.0. The van der Waals surface area contributed by atoms with Crippen molar-refractivity contribution in [2.45, 2.75) is 23.8 Å². The molecule has 5 nitrogen and oxygen atoms in total. The molecule has 1 aromatic carbocycles. The normalized spacial score (nSPS) is 19.9. The van der Waals surface area contributed by atoms with Crippen LogP contribution in [-0.2, 0) is 19.9 Å². The Morgan fingerprint density at radius 1 is 1.25 bits per heavy atom. The lowest BCUT2D eigenvalue weighted by molar-refractivity contribution is 0.504. The van der Waals surface area contributed by atoms with Gasteiger partial charge in [-0.05, 0) is 47.0 Å². The van der Waals surface area contributed by atoms with Gasteiger partial charge in [0.1, 0.15) is 15.7 Å². The summed E-state index contributed by atoms with van der Waals surface area (Å²) in [5.41, 5.74) is 0. The molecule has 0 amide bonds. The van der Waals surface area contributed by atoms with E-state index in [4.69, 9.17) is 0 Å². The average molecular weight is 386 g/mol. The lowest BCUT2D eigenvalue weighted by Gasteiger charge is -2.22. The lowest BCUT2D eigenvalue weighted by atomic mass is 10.2. The van der Waals surface area contributed by atoms with E-state index in [0.717, 1.165) is 6.07 Å². The minimum atomic E-state index is -3.84. The predicted octanol–water partition coefficient (Wildman–Crippen LogP) is 1.44. The Balaban J connectivity index is 2.13. The number of sulfone groups is 1. The van der Waals surface area contributed by atoms with Crippen molar-refractivity contribution in [1.82, 2.24) is 4.72 Å². The summed E-state index contributed by atoms with van der Waals surface area (Å²) in [6.45, 7) is 0. The van der Waals surface area contributed by atoms with Crippen LogP contribution in [-0.4, -0.2) is 34.4 Å². The van der Waals surface area contributed by atoms with Crippen molar-refractivity contribution >= 4 is 35.8 Å². The standard InChI is InChI=1S/C11H13BrFNO4S2/c12-10-2-1-9(7-11(10)13)20(17,18)14-8-3-5-19(15,16)6-4-8/h1-2,7-8,14H,3-6H2. The molecule has 112 valence electrons. The molecule has 0 saturated carbocycles. The monoisotopic (exact) mass is 385 g/mol. The topological polar surface area (TPSA) is 80.3 Å². The number of sulfonamides is 1. The molecule has 0 atom stereocenters. The van der Waals surface area contributed by atoms with Crippen molar-refractivity contribution < 1.29 is 21.2 Å². The van der Waals surface area contributed by atoms with Crippen molar-refractivity contribution in [3.8, 4) is 0 Å². The van der Waals surface area contributed by atoms with Crippen molar-refractivity contribution in [3.05, 3.63) is 28.5 Å². The minimum Gasteiger partial charge on any atom is -0.229 e. The number of hydrogen-bond acceptors (Lipinski definition) is 4. The van der Waals surface area contributed by atoms with Crippen molar-refractivity contribution in [2.75, 3.05) is 11.5 Å². The molecule has 0 spiro atoms. The Morgan fingerprint density at radius 2 is 1.85 bits per heavy atom. The SMILES string of the molecule is O=S1(=O)CCC(NS(=O)(=O)c2ccc(Br)c(F)c2)CC1. The number of hydrogen-bond donors (Lipinski definition) is 1. The molecule has 1 saturated heterocycles. The molecule has 1 N–H and O–H groups in total. The van der Waals surface area contributed by atoms with Gasteiger partial charge in [0.15, 0.2) is 0 Å². The van der Waals surface area contributed by atoms with Crippen molar-refractivity contribution in [3.63, 3.8) is 0 Å². The highest BCUT2D eigenvalue weighted by molar-refractivity contribution is 9.10. The van der Waals surface area contributed by atoms with Gasteiger partial charge in [-0.1, -0.05) is 0 Å². The summed E-state index contributed by atoms with van der Waals surface area (Å²) in [6, 6.07) is 3.09. The molecule has 20 heavy (non-hydrogen) atoms. The van der Waals surface area contributed by atoms with E-state index in [2.05, 4.69) is 20.7 Å². The van der Waals surface area contributed by atoms with E-state index in [-0.39, 0.29) is 33.7 Å². The van der Waals surface area contributed by atoms with Crippen LogP contribution in [0.1, 0.15) is 12.8 Å². The van der Waals surface area contributed by atoms with Gasteiger partial charge in [0.25, 0.3) is 0 Å². The van der Waals surface area contributed by atoms with E-state index in [1.165, 1.54) is 12.1 Å². The van der Waals surface area contributed by atoms with Gasteiger partial charge in [-0.25, -0.2) is 25.9 Å². The molecule has 0 unspecified atom stereocenters. The molecule has 1 fully saturated rings. The van der Waals surface area contributed by atoms with E-state index >= 15 is 0 Å². The Hall–Kier alpha value is -0.510. The summed E-state index contributed by atoms with van der Waals surface area (Å²) in [5, 5.41) is 0. The number of nitrogens with one attached hydrogen (secondary N) is 1. The van der Waals surface area contributed by atoms with E-state index in [1.807, 2.05) is 0 Å². The van der Waals surface area contributed by atoms with Crippen LogP contribution >= 0.6 is 15.9 Å². The quantitative estimate of drug-likeness (QED) is 0.853. The van der Waals surface area contributed by atoms with Crippen LogP contribution in [0.4, 0.5) is 4.39 Å². The summed E-state index contributed by atoms with van der Waals surface area (Å²) >= 11 is 2.95. The third-order valence-corrected chi connectivity index (χ3v) is 6.95. The second-order valence-electron chi connectivity index (χ2n) is 4.62. The van der Waals surface area contributed by atoms with Gasteiger partial charge < -0.3 is 0 Å². The minimum absolute atomic E-state index is 0.0329. The highest BCUT2D eigenvalue weighted by atomic mass is 79.9. The van der Waals surface area contributed by atoms with E-state index in [0.29, 0.717) is 0 Å². The third-order valence-electron chi connectivity index (χ3n) is 3.08.